The van der Waals surface area contributed by atoms with E-state index in [4.69, 9.17) is 0 Å². The Hall–Kier alpha value is -0.790. The second kappa shape index (κ2) is 23.0. The molecule has 1 rings (SSSR count). The van der Waals surface area contributed by atoms with E-state index in [9.17, 15) is 0 Å². The fraction of sp³-hybridized carbons (Fsp3) is 0.903. The summed E-state index contributed by atoms with van der Waals surface area (Å²) < 4.78 is 5.16. The minimum Gasteiger partial charge on any atom is -0.234 e. The van der Waals surface area contributed by atoms with Gasteiger partial charge in [0, 0.05) is 6.42 Å². The number of unbranched alkanes of at least 4 members (excludes halogenated alkanes) is 19. The standard InChI is InChI=1S/C31H61N2/c1-4-7-10-12-14-16-17-19-21-23-25-28-33-30-29-32(31(33)26-9-6-3)27-24-22-20-18-15-13-11-8-5-2/h29-30H,4-28H2,1-3H3/q+1. The number of nitrogens with zero attached hydrogens (tertiary/aromatic N) is 2. The fourth-order valence-corrected chi connectivity index (χ4v) is 5.07. The third-order valence-electron chi connectivity index (χ3n) is 7.35. The number of hydrogen-bond acceptors (Lipinski definition) is 0. The molecule has 0 fully saturated rings. The Labute approximate surface area is 208 Å². The average molecular weight is 462 g/mol. The first-order valence-electron chi connectivity index (χ1n) is 15.4. The van der Waals surface area contributed by atoms with Gasteiger partial charge >= 0.3 is 0 Å². The van der Waals surface area contributed by atoms with E-state index in [1.807, 2.05) is 0 Å². The van der Waals surface area contributed by atoms with Crippen LogP contribution in [0.4, 0.5) is 0 Å². The molecular weight excluding hydrogens is 400 g/mol. The van der Waals surface area contributed by atoms with Crippen LogP contribution in [0.3, 0.4) is 0 Å². The van der Waals surface area contributed by atoms with Crippen molar-refractivity contribution in [3.63, 3.8) is 0 Å². The summed E-state index contributed by atoms with van der Waals surface area (Å²) in [5, 5.41) is 0. The van der Waals surface area contributed by atoms with Crippen molar-refractivity contribution in [2.45, 2.75) is 182 Å². The van der Waals surface area contributed by atoms with Crippen molar-refractivity contribution in [2.24, 2.45) is 0 Å². The van der Waals surface area contributed by atoms with Gasteiger partial charge in [0.05, 0.1) is 13.1 Å². The maximum atomic E-state index is 2.58. The van der Waals surface area contributed by atoms with Crippen molar-refractivity contribution >= 4 is 0 Å². The zero-order valence-electron chi connectivity index (χ0n) is 23.2. The zero-order chi connectivity index (χ0) is 23.8. The van der Waals surface area contributed by atoms with Crippen LogP contribution in [-0.2, 0) is 19.5 Å². The van der Waals surface area contributed by atoms with Gasteiger partial charge in [-0.2, -0.15) is 0 Å². The van der Waals surface area contributed by atoms with Crippen molar-refractivity contribution in [3.8, 4) is 0 Å². The van der Waals surface area contributed by atoms with E-state index in [0.29, 0.717) is 0 Å². The van der Waals surface area contributed by atoms with Gasteiger partial charge in [-0.3, -0.25) is 0 Å². The highest BCUT2D eigenvalue weighted by Gasteiger charge is 2.16. The molecule has 0 atom stereocenters. The Kier molecular flexibility index (Phi) is 21.1. The molecule has 0 unspecified atom stereocenters. The Bertz CT molecular complexity index is 519. The molecular formula is C31H61N2+. The van der Waals surface area contributed by atoms with Gasteiger partial charge in [-0.1, -0.05) is 130 Å². The molecule has 0 radical (unpaired) electrons. The van der Waals surface area contributed by atoms with E-state index in [0.717, 1.165) is 0 Å². The van der Waals surface area contributed by atoms with Crippen molar-refractivity contribution < 1.29 is 4.57 Å². The van der Waals surface area contributed by atoms with E-state index in [2.05, 4.69) is 42.3 Å². The lowest BCUT2D eigenvalue weighted by Gasteiger charge is -2.06. The highest BCUT2D eigenvalue weighted by Crippen LogP contribution is 2.13. The molecule has 0 aliphatic heterocycles. The SMILES string of the molecule is CCCCCCCCCCCCCn1cc[n+](CCCCCCCCCCC)c1CCCC. The monoisotopic (exact) mass is 461 g/mol. The molecule has 0 saturated heterocycles. The Morgan fingerprint density at radius 2 is 0.939 bits per heavy atom. The lowest BCUT2D eigenvalue weighted by atomic mass is 10.1. The highest BCUT2D eigenvalue weighted by molar-refractivity contribution is 4.84. The number of aromatic nitrogens is 2. The van der Waals surface area contributed by atoms with Crippen molar-refractivity contribution in [3.05, 3.63) is 18.2 Å². The molecule has 1 aromatic heterocycles. The van der Waals surface area contributed by atoms with Crippen LogP contribution in [-0.4, -0.2) is 4.57 Å². The zero-order valence-corrected chi connectivity index (χ0v) is 23.2. The van der Waals surface area contributed by atoms with E-state index in [-0.39, 0.29) is 0 Å². The molecule has 0 N–H and O–H groups in total. The number of hydrogen-bond donors (Lipinski definition) is 0. The van der Waals surface area contributed by atoms with Crippen LogP contribution in [0.1, 0.15) is 168 Å². The van der Waals surface area contributed by atoms with E-state index in [1.165, 1.54) is 161 Å². The third kappa shape index (κ3) is 16.5. The summed E-state index contributed by atoms with van der Waals surface area (Å²) in [5.41, 5.74) is 0. The first kappa shape index (κ1) is 30.2. The van der Waals surface area contributed by atoms with Gasteiger partial charge in [-0.05, 0) is 32.1 Å². The maximum absolute atomic E-state index is 2.58. The molecule has 0 spiro atoms. The first-order valence-corrected chi connectivity index (χ1v) is 15.4. The Morgan fingerprint density at radius 3 is 1.42 bits per heavy atom. The normalized spacial score (nSPS) is 11.5. The largest absolute Gasteiger partial charge is 0.256 e. The summed E-state index contributed by atoms with van der Waals surface area (Å²) in [6.45, 7) is 9.37. The quantitative estimate of drug-likeness (QED) is 0.101. The minimum atomic E-state index is 1.22. The summed E-state index contributed by atoms with van der Waals surface area (Å²) in [4.78, 5) is 0. The van der Waals surface area contributed by atoms with Gasteiger partial charge in [0.2, 0.25) is 0 Å². The Balaban J connectivity index is 2.18. The second-order valence-corrected chi connectivity index (χ2v) is 10.6. The van der Waals surface area contributed by atoms with Crippen molar-refractivity contribution in [2.75, 3.05) is 0 Å². The minimum absolute atomic E-state index is 1.22. The van der Waals surface area contributed by atoms with Crippen LogP contribution in [0.25, 0.3) is 0 Å². The Morgan fingerprint density at radius 1 is 0.515 bits per heavy atom. The topological polar surface area (TPSA) is 8.81 Å². The van der Waals surface area contributed by atoms with Crippen LogP contribution >= 0.6 is 0 Å². The van der Waals surface area contributed by atoms with Gasteiger partial charge < -0.3 is 0 Å². The van der Waals surface area contributed by atoms with Crippen LogP contribution in [0.5, 0.6) is 0 Å². The lowest BCUT2D eigenvalue weighted by molar-refractivity contribution is -0.704. The second-order valence-electron chi connectivity index (χ2n) is 10.6. The highest BCUT2D eigenvalue weighted by atomic mass is 15.1. The maximum Gasteiger partial charge on any atom is 0.256 e. The third-order valence-corrected chi connectivity index (χ3v) is 7.35. The summed E-state index contributed by atoms with van der Waals surface area (Å²) in [7, 11) is 0. The van der Waals surface area contributed by atoms with E-state index >= 15 is 0 Å². The van der Waals surface area contributed by atoms with Crippen molar-refractivity contribution in [1.82, 2.24) is 4.57 Å². The molecule has 1 heterocycles. The van der Waals surface area contributed by atoms with Gasteiger partial charge in [0.25, 0.3) is 5.82 Å². The summed E-state index contributed by atoms with van der Waals surface area (Å²) in [6, 6.07) is 0. The predicted octanol–water partition coefficient (Wildman–Crippen LogP) is 9.96. The average Bonchev–Trinajstić information content (AvgIpc) is 3.21. The molecule has 2 heteroatoms. The molecule has 0 aliphatic carbocycles. The number of rotatable bonds is 25. The van der Waals surface area contributed by atoms with Gasteiger partial charge in [0.15, 0.2) is 0 Å². The molecule has 0 saturated carbocycles. The molecule has 2 nitrogen and oxygen atoms in total. The molecule has 0 amide bonds. The first-order chi connectivity index (χ1) is 16.3. The van der Waals surface area contributed by atoms with Gasteiger partial charge in [-0.15, -0.1) is 0 Å². The summed E-state index contributed by atoms with van der Waals surface area (Å²) in [5.74, 6) is 1.59. The molecule has 1 aromatic rings. The smallest absolute Gasteiger partial charge is 0.234 e. The van der Waals surface area contributed by atoms with Crippen LogP contribution < -0.4 is 4.57 Å². The number of imidazole rings is 1. The summed E-state index contributed by atoms with van der Waals surface area (Å²) in [6.07, 6.45) is 37.0. The molecule has 0 aliphatic rings. The molecule has 0 bridgehead atoms. The van der Waals surface area contributed by atoms with Gasteiger partial charge in [-0.25, -0.2) is 9.13 Å². The fourth-order valence-electron chi connectivity index (χ4n) is 5.07. The van der Waals surface area contributed by atoms with Gasteiger partial charge in [0.1, 0.15) is 12.4 Å². The predicted molar refractivity (Wildman–Crippen MR) is 147 cm³/mol. The molecule has 194 valence electrons. The van der Waals surface area contributed by atoms with Crippen LogP contribution in [0, 0.1) is 0 Å². The van der Waals surface area contributed by atoms with E-state index < -0.39 is 0 Å². The van der Waals surface area contributed by atoms with Crippen molar-refractivity contribution in [1.29, 1.82) is 0 Å². The van der Waals surface area contributed by atoms with Crippen LogP contribution in [0.15, 0.2) is 12.4 Å². The molecule has 33 heavy (non-hydrogen) atoms. The lowest BCUT2D eigenvalue weighted by Crippen LogP contribution is -2.37. The van der Waals surface area contributed by atoms with Crippen LogP contribution in [0.2, 0.25) is 0 Å². The number of aryl methyl sites for hydroxylation is 2. The summed E-state index contributed by atoms with van der Waals surface area (Å²) >= 11 is 0. The van der Waals surface area contributed by atoms with E-state index in [1.54, 1.807) is 5.82 Å². The molecule has 0 aromatic carbocycles.